The van der Waals surface area contributed by atoms with Gasteiger partial charge in [-0.05, 0) is 25.1 Å². The summed E-state index contributed by atoms with van der Waals surface area (Å²) in [5.74, 6) is 0. The van der Waals surface area contributed by atoms with Gasteiger partial charge >= 0.3 is 0 Å². The van der Waals surface area contributed by atoms with Gasteiger partial charge < -0.3 is 0 Å². The lowest BCUT2D eigenvalue weighted by atomic mass is 10.3. The van der Waals surface area contributed by atoms with E-state index in [1.807, 2.05) is 25.1 Å². The predicted molar refractivity (Wildman–Crippen MR) is 39.9 cm³/mol. The second-order valence-electron chi connectivity index (χ2n) is 2.28. The first-order valence-corrected chi connectivity index (χ1v) is 3.19. The van der Waals surface area contributed by atoms with E-state index in [9.17, 15) is 0 Å². The Hall–Kier alpha value is -1.31. The largest absolute Gasteiger partial charge is 0.238 e. The molecule has 0 amide bonds. The minimum Gasteiger partial charge on any atom is -0.238 e. The number of aromatic nitrogens is 2. The molecule has 2 rings (SSSR count). The second-order valence-corrected chi connectivity index (χ2v) is 2.28. The van der Waals surface area contributed by atoms with Gasteiger partial charge in [0.2, 0.25) is 0 Å². The van der Waals surface area contributed by atoms with E-state index in [1.54, 1.807) is 10.6 Å². The normalized spacial score (nSPS) is 11.9. The zero-order valence-electron chi connectivity index (χ0n) is 6.70. The standard InChI is InChI=1S/C8H8N2/c1-7-3-2-4-8-5-6-9-10(7)8/h2-6H,1H3/i6D. The summed E-state index contributed by atoms with van der Waals surface area (Å²) in [6, 6.07) is 7.62. The summed E-state index contributed by atoms with van der Waals surface area (Å²) in [6.07, 6.45) is 0.319. The molecule has 0 radical (unpaired) electrons. The van der Waals surface area contributed by atoms with E-state index in [-0.39, 0.29) is 0 Å². The maximum Gasteiger partial charge on any atom is 0.0860 e. The average molecular weight is 133 g/mol. The van der Waals surface area contributed by atoms with Gasteiger partial charge in [-0.15, -0.1) is 0 Å². The minimum atomic E-state index is 0.319. The van der Waals surface area contributed by atoms with Crippen LogP contribution in [0.1, 0.15) is 7.06 Å². The van der Waals surface area contributed by atoms with Gasteiger partial charge in [0.15, 0.2) is 0 Å². The molecule has 0 aromatic carbocycles. The van der Waals surface area contributed by atoms with Crippen molar-refractivity contribution in [1.29, 1.82) is 0 Å². The van der Waals surface area contributed by atoms with Crippen molar-refractivity contribution in [2.75, 3.05) is 0 Å². The van der Waals surface area contributed by atoms with Gasteiger partial charge in [-0.25, -0.2) is 4.52 Å². The maximum atomic E-state index is 7.29. The molecular weight excluding hydrogens is 124 g/mol. The maximum absolute atomic E-state index is 7.29. The molecule has 0 fully saturated rings. The SMILES string of the molecule is [2H]c1cc2cccc(C)n2n1. The number of fused-ring (bicyclic) bond motifs is 1. The summed E-state index contributed by atoms with van der Waals surface area (Å²) in [7, 11) is 0. The molecule has 0 aliphatic heterocycles. The van der Waals surface area contributed by atoms with Crippen molar-refractivity contribution in [2.45, 2.75) is 6.92 Å². The van der Waals surface area contributed by atoms with Crippen molar-refractivity contribution in [3.8, 4) is 0 Å². The molecule has 2 heteroatoms. The van der Waals surface area contributed by atoms with Crippen molar-refractivity contribution >= 4 is 5.52 Å². The highest BCUT2D eigenvalue weighted by molar-refractivity contribution is 5.45. The molecule has 2 aromatic rings. The lowest BCUT2D eigenvalue weighted by molar-refractivity contribution is 0.915. The Kier molecular flexibility index (Phi) is 0.826. The van der Waals surface area contributed by atoms with Gasteiger partial charge in [-0.1, -0.05) is 6.07 Å². The first kappa shape index (κ1) is 4.50. The Bertz CT molecular complexity index is 392. The molecule has 0 bridgehead atoms. The Morgan fingerprint density at radius 1 is 1.50 bits per heavy atom. The molecule has 2 aromatic heterocycles. The van der Waals surface area contributed by atoms with E-state index in [0.717, 1.165) is 11.2 Å². The molecule has 0 atom stereocenters. The number of rotatable bonds is 0. The molecule has 0 saturated heterocycles. The Morgan fingerprint density at radius 2 is 2.40 bits per heavy atom. The van der Waals surface area contributed by atoms with Crippen LogP contribution in [-0.2, 0) is 0 Å². The molecular formula is C8H8N2. The monoisotopic (exact) mass is 133 g/mol. The van der Waals surface area contributed by atoms with Crippen LogP contribution in [0.3, 0.4) is 0 Å². The molecule has 50 valence electrons. The van der Waals surface area contributed by atoms with Crippen molar-refractivity contribution in [3.63, 3.8) is 0 Å². The summed E-state index contributed by atoms with van der Waals surface area (Å²) < 4.78 is 9.05. The van der Waals surface area contributed by atoms with Crippen LogP contribution in [0.4, 0.5) is 0 Å². The van der Waals surface area contributed by atoms with Crippen molar-refractivity contribution in [3.05, 3.63) is 36.1 Å². The van der Waals surface area contributed by atoms with E-state index in [1.165, 1.54) is 0 Å². The van der Waals surface area contributed by atoms with Crippen LogP contribution in [0.5, 0.6) is 0 Å². The Labute approximate surface area is 60.5 Å². The first-order chi connectivity index (χ1) is 5.27. The van der Waals surface area contributed by atoms with Gasteiger partial charge in [0.25, 0.3) is 0 Å². The molecule has 0 unspecified atom stereocenters. The number of hydrogen-bond acceptors (Lipinski definition) is 1. The third kappa shape index (κ3) is 0.620. The third-order valence-electron chi connectivity index (χ3n) is 1.55. The van der Waals surface area contributed by atoms with E-state index < -0.39 is 0 Å². The smallest absolute Gasteiger partial charge is 0.0860 e. The highest BCUT2D eigenvalue weighted by atomic mass is 15.2. The summed E-state index contributed by atoms with van der Waals surface area (Å²) in [4.78, 5) is 0. The summed E-state index contributed by atoms with van der Waals surface area (Å²) in [5.41, 5.74) is 2.04. The van der Waals surface area contributed by atoms with Crippen LogP contribution in [0.25, 0.3) is 5.52 Å². The van der Waals surface area contributed by atoms with Gasteiger partial charge in [0.1, 0.15) is 0 Å². The number of aryl methyl sites for hydroxylation is 1. The third-order valence-corrected chi connectivity index (χ3v) is 1.55. The molecule has 2 nitrogen and oxygen atoms in total. The van der Waals surface area contributed by atoms with Gasteiger partial charge in [0, 0.05) is 11.9 Å². The molecule has 0 saturated carbocycles. The van der Waals surface area contributed by atoms with Crippen LogP contribution in [-0.4, -0.2) is 9.61 Å². The summed E-state index contributed by atoms with van der Waals surface area (Å²) in [5, 5.41) is 4.00. The first-order valence-electron chi connectivity index (χ1n) is 3.69. The Balaban J connectivity index is 2.90. The fourth-order valence-corrected chi connectivity index (χ4v) is 1.03. The van der Waals surface area contributed by atoms with Crippen LogP contribution >= 0.6 is 0 Å². The van der Waals surface area contributed by atoms with Gasteiger partial charge in [-0.2, -0.15) is 5.10 Å². The number of hydrogen-bond donors (Lipinski definition) is 0. The number of nitrogens with zero attached hydrogens (tertiary/aromatic N) is 2. The lowest BCUT2D eigenvalue weighted by Gasteiger charge is -1.95. The molecule has 0 aliphatic carbocycles. The van der Waals surface area contributed by atoms with Crippen molar-refractivity contribution in [2.24, 2.45) is 0 Å². The van der Waals surface area contributed by atoms with E-state index >= 15 is 0 Å². The minimum absolute atomic E-state index is 0.319. The van der Waals surface area contributed by atoms with E-state index in [0.29, 0.717) is 6.17 Å². The van der Waals surface area contributed by atoms with Crippen molar-refractivity contribution in [1.82, 2.24) is 9.61 Å². The van der Waals surface area contributed by atoms with Crippen molar-refractivity contribution < 1.29 is 1.37 Å². The van der Waals surface area contributed by atoms with Gasteiger partial charge in [-0.3, -0.25) is 0 Å². The summed E-state index contributed by atoms with van der Waals surface area (Å²) >= 11 is 0. The topological polar surface area (TPSA) is 17.3 Å². The molecule has 2 heterocycles. The fourth-order valence-electron chi connectivity index (χ4n) is 1.03. The lowest BCUT2D eigenvalue weighted by Crippen LogP contribution is -1.90. The highest BCUT2D eigenvalue weighted by Gasteiger charge is 1.92. The number of pyridine rings is 1. The second kappa shape index (κ2) is 1.84. The summed E-state index contributed by atoms with van der Waals surface area (Å²) in [6.45, 7) is 1.97. The van der Waals surface area contributed by atoms with Crippen LogP contribution in [0.2, 0.25) is 0 Å². The molecule has 0 spiro atoms. The van der Waals surface area contributed by atoms with Crippen LogP contribution < -0.4 is 0 Å². The fraction of sp³-hybridized carbons (Fsp3) is 0.125. The zero-order chi connectivity index (χ0) is 7.84. The quantitative estimate of drug-likeness (QED) is 0.534. The average Bonchev–Trinajstić information content (AvgIpc) is 2.31. The van der Waals surface area contributed by atoms with Crippen LogP contribution in [0.15, 0.2) is 30.4 Å². The molecule has 0 N–H and O–H groups in total. The predicted octanol–water partition coefficient (Wildman–Crippen LogP) is 1.64. The zero-order valence-corrected chi connectivity index (χ0v) is 5.70. The van der Waals surface area contributed by atoms with Crippen LogP contribution in [0, 0.1) is 6.92 Å². The highest BCUT2D eigenvalue weighted by Crippen LogP contribution is 2.03. The van der Waals surface area contributed by atoms with Gasteiger partial charge in [0.05, 0.1) is 6.89 Å². The van der Waals surface area contributed by atoms with E-state index in [2.05, 4.69) is 5.10 Å². The van der Waals surface area contributed by atoms with E-state index in [4.69, 9.17) is 1.37 Å². The Morgan fingerprint density at radius 3 is 3.20 bits per heavy atom. The molecule has 10 heavy (non-hydrogen) atoms. The molecule has 0 aliphatic rings.